The Hall–Kier alpha value is -1.06. The molecule has 1 aromatic rings. The second-order valence-corrected chi connectivity index (χ2v) is 7.62. The molecule has 0 spiro atoms. The monoisotopic (exact) mass is 326 g/mol. The molecule has 21 heavy (non-hydrogen) atoms. The van der Waals surface area contributed by atoms with Crippen molar-refractivity contribution in [1.29, 1.82) is 0 Å². The van der Waals surface area contributed by atoms with Crippen molar-refractivity contribution >= 4 is 21.6 Å². The maximum absolute atomic E-state index is 12.6. The van der Waals surface area contributed by atoms with Crippen LogP contribution in [-0.2, 0) is 10.0 Å². The van der Waals surface area contributed by atoms with Gasteiger partial charge in [0.25, 0.3) is 0 Å². The molecule has 1 aliphatic rings. The van der Waals surface area contributed by atoms with Crippen molar-refractivity contribution in [2.24, 2.45) is 11.7 Å². The molecular weight excluding hydrogens is 308 g/mol. The van der Waals surface area contributed by atoms with E-state index in [1.807, 2.05) is 6.92 Å². The summed E-state index contributed by atoms with van der Waals surface area (Å²) in [4.78, 5) is 0.123. The number of rotatable bonds is 4. The van der Waals surface area contributed by atoms with Gasteiger partial charge in [0.2, 0.25) is 10.0 Å². The minimum atomic E-state index is -3.58. The fourth-order valence-electron chi connectivity index (χ4n) is 2.19. The van der Waals surface area contributed by atoms with Crippen LogP contribution in [0.3, 0.4) is 0 Å². The van der Waals surface area contributed by atoms with E-state index in [9.17, 15) is 8.42 Å². The predicted octanol–water partition coefficient (Wildman–Crippen LogP) is 2.07. The third-order valence-electron chi connectivity index (χ3n) is 3.80. The van der Waals surface area contributed by atoms with Gasteiger partial charge in [0.05, 0.1) is 11.6 Å². The van der Waals surface area contributed by atoms with E-state index in [1.165, 1.54) is 10.4 Å². The van der Waals surface area contributed by atoms with Crippen LogP contribution in [0.4, 0.5) is 0 Å². The summed E-state index contributed by atoms with van der Waals surface area (Å²) < 4.78 is 26.7. The van der Waals surface area contributed by atoms with Gasteiger partial charge in [-0.25, -0.2) is 8.42 Å². The van der Waals surface area contributed by atoms with Gasteiger partial charge in [0.15, 0.2) is 0 Å². The molecule has 1 aliphatic carbocycles. The molecule has 1 unspecified atom stereocenters. The Balaban J connectivity index is 2.31. The van der Waals surface area contributed by atoms with Crippen LogP contribution in [0.2, 0.25) is 5.02 Å². The summed E-state index contributed by atoms with van der Waals surface area (Å²) >= 11 is 6.13. The van der Waals surface area contributed by atoms with Crippen molar-refractivity contribution in [3.63, 3.8) is 0 Å². The Morgan fingerprint density at radius 1 is 1.48 bits per heavy atom. The van der Waals surface area contributed by atoms with Crippen LogP contribution in [0.25, 0.3) is 0 Å². The molecule has 0 bridgehead atoms. The summed E-state index contributed by atoms with van der Waals surface area (Å²) in [5.74, 6) is 6.01. The molecule has 0 heterocycles. The molecule has 0 aromatic heterocycles. The molecule has 1 fully saturated rings. The van der Waals surface area contributed by atoms with Gasteiger partial charge in [0, 0.05) is 18.7 Å². The van der Waals surface area contributed by atoms with E-state index >= 15 is 0 Å². The summed E-state index contributed by atoms with van der Waals surface area (Å²) in [7, 11) is -1.97. The molecular formula is C15H19ClN2O2S. The summed E-state index contributed by atoms with van der Waals surface area (Å²) in [5.41, 5.74) is 5.97. The molecule has 0 radical (unpaired) electrons. The average molecular weight is 327 g/mol. The van der Waals surface area contributed by atoms with E-state index in [-0.39, 0.29) is 22.5 Å². The minimum Gasteiger partial charge on any atom is -0.320 e. The lowest BCUT2D eigenvalue weighted by Crippen LogP contribution is -2.36. The third kappa shape index (κ3) is 3.58. The molecule has 1 saturated carbocycles. The summed E-state index contributed by atoms with van der Waals surface area (Å²) in [6.45, 7) is 2.18. The zero-order valence-electron chi connectivity index (χ0n) is 12.1. The largest absolute Gasteiger partial charge is 0.320 e. The first-order chi connectivity index (χ1) is 9.87. The Kier molecular flexibility index (Phi) is 4.95. The summed E-state index contributed by atoms with van der Waals surface area (Å²) in [6, 6.07) is 4.71. The van der Waals surface area contributed by atoms with E-state index in [2.05, 4.69) is 11.8 Å². The molecule has 1 atom stereocenters. The van der Waals surface area contributed by atoms with Gasteiger partial charge in [-0.3, -0.25) is 0 Å². The summed E-state index contributed by atoms with van der Waals surface area (Å²) in [5, 5.41) is 0.189. The number of sulfonamides is 1. The van der Waals surface area contributed by atoms with Crippen molar-refractivity contribution in [3.8, 4) is 11.8 Å². The van der Waals surface area contributed by atoms with Crippen LogP contribution in [0.1, 0.15) is 25.3 Å². The molecule has 0 aliphatic heterocycles. The smallest absolute Gasteiger partial charge is 0.244 e. The molecule has 6 heteroatoms. The fourth-order valence-corrected chi connectivity index (χ4v) is 4.13. The number of nitrogens with two attached hydrogens (primary N) is 1. The standard InChI is InChI=1S/C15H19ClN2O2S/c1-11(13-6-7-13)18(2)21(19,20)15-8-5-12(4-3-9-17)10-14(15)16/h5,8,10-11,13H,6-7,9,17H2,1-2H3. The Labute approximate surface area is 131 Å². The van der Waals surface area contributed by atoms with Crippen molar-refractivity contribution in [3.05, 3.63) is 28.8 Å². The lowest BCUT2D eigenvalue weighted by atomic mass is 10.2. The van der Waals surface area contributed by atoms with Crippen LogP contribution in [-0.4, -0.2) is 32.4 Å². The van der Waals surface area contributed by atoms with Gasteiger partial charge in [-0.15, -0.1) is 0 Å². The molecule has 2 N–H and O–H groups in total. The van der Waals surface area contributed by atoms with E-state index < -0.39 is 10.0 Å². The molecule has 4 nitrogen and oxygen atoms in total. The highest BCUT2D eigenvalue weighted by Gasteiger charge is 2.36. The van der Waals surface area contributed by atoms with Gasteiger partial charge in [-0.1, -0.05) is 23.4 Å². The van der Waals surface area contributed by atoms with E-state index in [0.29, 0.717) is 11.5 Å². The number of benzene rings is 1. The van der Waals surface area contributed by atoms with Crippen LogP contribution < -0.4 is 5.73 Å². The number of hydrogen-bond acceptors (Lipinski definition) is 3. The second-order valence-electron chi connectivity index (χ2n) is 5.25. The highest BCUT2D eigenvalue weighted by molar-refractivity contribution is 7.89. The van der Waals surface area contributed by atoms with Crippen LogP contribution in [0.15, 0.2) is 23.1 Å². The Bertz CT molecular complexity index is 687. The molecule has 2 rings (SSSR count). The van der Waals surface area contributed by atoms with Crippen molar-refractivity contribution in [2.45, 2.75) is 30.7 Å². The lowest BCUT2D eigenvalue weighted by molar-refractivity contribution is 0.357. The van der Waals surface area contributed by atoms with E-state index in [4.69, 9.17) is 17.3 Å². The van der Waals surface area contributed by atoms with Gasteiger partial charge in [-0.05, 0) is 43.9 Å². The summed E-state index contributed by atoms with van der Waals surface area (Å²) in [6.07, 6.45) is 2.17. The average Bonchev–Trinajstić information content (AvgIpc) is 3.27. The highest BCUT2D eigenvalue weighted by Crippen LogP contribution is 2.37. The number of hydrogen-bond donors (Lipinski definition) is 1. The fraction of sp³-hybridized carbons (Fsp3) is 0.467. The molecule has 0 saturated heterocycles. The second kappa shape index (κ2) is 6.37. The predicted molar refractivity (Wildman–Crippen MR) is 84.5 cm³/mol. The lowest BCUT2D eigenvalue weighted by Gasteiger charge is -2.24. The molecule has 114 valence electrons. The van der Waals surface area contributed by atoms with Crippen LogP contribution >= 0.6 is 11.6 Å². The Morgan fingerprint density at radius 2 is 2.14 bits per heavy atom. The maximum atomic E-state index is 12.6. The first-order valence-corrected chi connectivity index (χ1v) is 8.66. The van der Waals surface area contributed by atoms with Crippen molar-refractivity contribution < 1.29 is 8.42 Å². The quantitative estimate of drug-likeness (QED) is 0.861. The minimum absolute atomic E-state index is 0.0113. The first kappa shape index (κ1) is 16.3. The SMILES string of the molecule is CC(C1CC1)N(C)S(=O)(=O)c1ccc(C#CCN)cc1Cl. The Morgan fingerprint density at radius 3 is 2.67 bits per heavy atom. The van der Waals surface area contributed by atoms with Gasteiger partial charge < -0.3 is 5.73 Å². The normalized spacial score (nSPS) is 16.4. The molecule has 0 amide bonds. The maximum Gasteiger partial charge on any atom is 0.244 e. The van der Waals surface area contributed by atoms with Gasteiger partial charge >= 0.3 is 0 Å². The number of nitrogens with zero attached hydrogens (tertiary/aromatic N) is 1. The van der Waals surface area contributed by atoms with Crippen LogP contribution in [0, 0.1) is 17.8 Å². The molecule has 1 aromatic carbocycles. The third-order valence-corrected chi connectivity index (χ3v) is 6.23. The topological polar surface area (TPSA) is 63.4 Å². The first-order valence-electron chi connectivity index (χ1n) is 6.84. The van der Waals surface area contributed by atoms with E-state index in [0.717, 1.165) is 12.8 Å². The van der Waals surface area contributed by atoms with E-state index in [1.54, 1.807) is 19.2 Å². The number of halogens is 1. The zero-order valence-corrected chi connectivity index (χ0v) is 13.7. The van der Waals surface area contributed by atoms with Crippen molar-refractivity contribution in [2.75, 3.05) is 13.6 Å². The zero-order chi connectivity index (χ0) is 15.6. The van der Waals surface area contributed by atoms with Crippen LogP contribution in [0.5, 0.6) is 0 Å². The van der Waals surface area contributed by atoms with Gasteiger partial charge in [0.1, 0.15) is 4.90 Å². The van der Waals surface area contributed by atoms with Crippen molar-refractivity contribution in [1.82, 2.24) is 4.31 Å². The van der Waals surface area contributed by atoms with Gasteiger partial charge in [-0.2, -0.15) is 4.31 Å². The highest BCUT2D eigenvalue weighted by atomic mass is 35.5.